The van der Waals surface area contributed by atoms with Crippen LogP contribution >= 0.6 is 0 Å². The second kappa shape index (κ2) is 4.22. The normalized spacial score (nSPS) is 9.85. The van der Waals surface area contributed by atoms with Crippen molar-refractivity contribution >= 4 is 12.6 Å². The number of pyridine rings is 1. The molecular weight excluding hydrogens is 171 g/mol. The van der Waals surface area contributed by atoms with E-state index in [2.05, 4.69) is 4.98 Å². The van der Waals surface area contributed by atoms with Crippen molar-refractivity contribution in [2.45, 2.75) is 6.54 Å². The monoisotopic (exact) mass is 182 g/mol. The predicted molar refractivity (Wildman–Crippen MR) is 48.5 cm³/mol. The average molecular weight is 182 g/mol. The van der Waals surface area contributed by atoms with Gasteiger partial charge in [-0.1, -0.05) is 6.07 Å². The maximum Gasteiger partial charge on any atom is 0.490 e. The molecule has 1 aromatic rings. The lowest BCUT2D eigenvalue weighted by Crippen LogP contribution is -2.34. The molecule has 0 aliphatic heterocycles. The van der Waals surface area contributed by atoms with E-state index >= 15 is 0 Å². The van der Waals surface area contributed by atoms with Crippen molar-refractivity contribution in [3.63, 3.8) is 0 Å². The molecule has 0 saturated carbocycles. The molecule has 0 unspecified atom stereocenters. The first-order valence-electron chi connectivity index (χ1n) is 3.79. The molecule has 1 aromatic heterocycles. The van der Waals surface area contributed by atoms with Crippen molar-refractivity contribution in [3.05, 3.63) is 17.8 Å². The maximum atomic E-state index is 8.92. The van der Waals surface area contributed by atoms with Crippen LogP contribution in [0.1, 0.15) is 5.69 Å². The van der Waals surface area contributed by atoms with Gasteiger partial charge in [-0.15, -0.1) is 0 Å². The molecule has 6 heteroatoms. The summed E-state index contributed by atoms with van der Waals surface area (Å²) in [5, 5.41) is 17.8. The Bertz CT molecular complexity index is 293. The Kier molecular flexibility index (Phi) is 3.24. The van der Waals surface area contributed by atoms with Gasteiger partial charge in [0.05, 0.1) is 12.8 Å². The van der Waals surface area contributed by atoms with Crippen molar-refractivity contribution in [1.29, 1.82) is 0 Å². The van der Waals surface area contributed by atoms with Gasteiger partial charge in [0.2, 0.25) is 5.88 Å². The van der Waals surface area contributed by atoms with Gasteiger partial charge in [-0.25, -0.2) is 4.98 Å². The summed E-state index contributed by atoms with van der Waals surface area (Å²) in [6.45, 7) is 0.143. The van der Waals surface area contributed by atoms with Crippen LogP contribution in [-0.2, 0) is 6.54 Å². The third kappa shape index (κ3) is 2.18. The van der Waals surface area contributed by atoms with Crippen LogP contribution in [0.4, 0.5) is 0 Å². The minimum absolute atomic E-state index is 0.143. The number of rotatable bonds is 3. The highest BCUT2D eigenvalue weighted by molar-refractivity contribution is 6.59. The number of hydrogen-bond donors (Lipinski definition) is 3. The first kappa shape index (κ1) is 9.98. The van der Waals surface area contributed by atoms with E-state index in [4.69, 9.17) is 20.5 Å². The van der Waals surface area contributed by atoms with Gasteiger partial charge in [-0.05, 0) is 6.07 Å². The SMILES string of the molecule is COc1ccc(B(O)O)c(CN)n1. The fraction of sp³-hybridized carbons (Fsp3) is 0.286. The highest BCUT2D eigenvalue weighted by atomic mass is 16.5. The largest absolute Gasteiger partial charge is 0.490 e. The second-order valence-electron chi connectivity index (χ2n) is 2.47. The second-order valence-corrected chi connectivity index (χ2v) is 2.47. The maximum absolute atomic E-state index is 8.92. The van der Waals surface area contributed by atoms with Crippen molar-refractivity contribution in [1.82, 2.24) is 4.98 Å². The molecule has 0 bridgehead atoms. The molecule has 0 radical (unpaired) electrons. The lowest BCUT2D eigenvalue weighted by atomic mass is 9.79. The van der Waals surface area contributed by atoms with E-state index in [9.17, 15) is 0 Å². The van der Waals surface area contributed by atoms with E-state index in [1.54, 1.807) is 6.07 Å². The average Bonchev–Trinajstić information content (AvgIpc) is 2.16. The standard InChI is InChI=1S/C7H11BN2O3/c1-13-7-3-2-5(8(11)12)6(4-9)10-7/h2-3,11-12H,4,9H2,1H3. The number of nitrogens with zero attached hydrogens (tertiary/aromatic N) is 1. The number of hydrogen-bond acceptors (Lipinski definition) is 5. The number of aromatic nitrogens is 1. The molecule has 1 rings (SSSR count). The molecule has 0 saturated heterocycles. The zero-order valence-electron chi connectivity index (χ0n) is 7.27. The fourth-order valence-electron chi connectivity index (χ4n) is 1.00. The Balaban J connectivity index is 3.08. The van der Waals surface area contributed by atoms with E-state index in [1.165, 1.54) is 13.2 Å². The first-order chi connectivity index (χ1) is 6.19. The summed E-state index contributed by atoms with van der Waals surface area (Å²) in [4.78, 5) is 3.96. The topological polar surface area (TPSA) is 88.6 Å². The van der Waals surface area contributed by atoms with E-state index in [0.29, 0.717) is 17.0 Å². The van der Waals surface area contributed by atoms with Gasteiger partial charge in [-0.2, -0.15) is 0 Å². The Morgan fingerprint density at radius 1 is 1.54 bits per heavy atom. The summed E-state index contributed by atoms with van der Waals surface area (Å²) in [6, 6.07) is 3.08. The molecular formula is C7H11BN2O3. The van der Waals surface area contributed by atoms with Gasteiger partial charge in [0, 0.05) is 12.0 Å². The smallest absolute Gasteiger partial charge is 0.481 e. The van der Waals surface area contributed by atoms with Crippen LogP contribution in [0.5, 0.6) is 5.88 Å². The minimum atomic E-state index is -1.54. The van der Waals surface area contributed by atoms with Crippen molar-refractivity contribution in [3.8, 4) is 5.88 Å². The summed E-state index contributed by atoms with van der Waals surface area (Å²) in [6.07, 6.45) is 0. The lowest BCUT2D eigenvalue weighted by molar-refractivity contribution is 0.395. The number of nitrogens with two attached hydrogens (primary N) is 1. The van der Waals surface area contributed by atoms with Gasteiger partial charge in [0.25, 0.3) is 0 Å². The molecule has 0 spiro atoms. The van der Waals surface area contributed by atoms with Gasteiger partial charge < -0.3 is 20.5 Å². The van der Waals surface area contributed by atoms with Gasteiger partial charge in [-0.3, -0.25) is 0 Å². The zero-order valence-corrected chi connectivity index (χ0v) is 7.27. The van der Waals surface area contributed by atoms with Gasteiger partial charge >= 0.3 is 7.12 Å². The molecule has 0 aliphatic carbocycles. The molecule has 0 amide bonds. The molecule has 70 valence electrons. The molecule has 1 heterocycles. The Morgan fingerprint density at radius 2 is 2.23 bits per heavy atom. The Hall–Kier alpha value is -1.11. The highest BCUT2D eigenvalue weighted by Gasteiger charge is 2.16. The summed E-state index contributed by atoms with van der Waals surface area (Å²) < 4.78 is 4.86. The third-order valence-corrected chi connectivity index (χ3v) is 1.66. The number of methoxy groups -OCH3 is 1. The minimum Gasteiger partial charge on any atom is -0.481 e. The Morgan fingerprint density at radius 3 is 2.69 bits per heavy atom. The zero-order chi connectivity index (χ0) is 9.84. The van der Waals surface area contributed by atoms with Gasteiger partial charge in [0.15, 0.2) is 0 Å². The van der Waals surface area contributed by atoms with Gasteiger partial charge in [0.1, 0.15) is 0 Å². The molecule has 0 atom stereocenters. The van der Waals surface area contributed by atoms with Crippen LogP contribution in [0.25, 0.3) is 0 Å². The lowest BCUT2D eigenvalue weighted by Gasteiger charge is -2.07. The van der Waals surface area contributed by atoms with Crippen LogP contribution in [0.15, 0.2) is 12.1 Å². The van der Waals surface area contributed by atoms with Crippen LogP contribution in [-0.4, -0.2) is 29.3 Å². The van der Waals surface area contributed by atoms with E-state index in [1.807, 2.05) is 0 Å². The molecule has 13 heavy (non-hydrogen) atoms. The van der Waals surface area contributed by atoms with Crippen LogP contribution in [0.2, 0.25) is 0 Å². The quantitative estimate of drug-likeness (QED) is 0.481. The van der Waals surface area contributed by atoms with Crippen LogP contribution in [0, 0.1) is 0 Å². The highest BCUT2D eigenvalue weighted by Crippen LogP contribution is 2.04. The molecule has 0 fully saturated rings. The predicted octanol–water partition coefficient (Wildman–Crippen LogP) is -1.77. The first-order valence-corrected chi connectivity index (χ1v) is 3.79. The van der Waals surface area contributed by atoms with E-state index in [-0.39, 0.29) is 6.54 Å². The fourth-order valence-corrected chi connectivity index (χ4v) is 1.00. The Labute approximate surface area is 76.3 Å². The van der Waals surface area contributed by atoms with E-state index < -0.39 is 7.12 Å². The van der Waals surface area contributed by atoms with E-state index in [0.717, 1.165) is 0 Å². The summed E-state index contributed by atoms with van der Waals surface area (Å²) in [5.41, 5.74) is 6.11. The van der Waals surface area contributed by atoms with Crippen molar-refractivity contribution in [2.24, 2.45) is 5.73 Å². The van der Waals surface area contributed by atoms with Crippen molar-refractivity contribution in [2.75, 3.05) is 7.11 Å². The molecule has 0 aromatic carbocycles. The van der Waals surface area contributed by atoms with Crippen LogP contribution in [0.3, 0.4) is 0 Å². The number of ether oxygens (including phenoxy) is 1. The molecule has 5 nitrogen and oxygen atoms in total. The third-order valence-electron chi connectivity index (χ3n) is 1.66. The molecule has 0 aliphatic rings. The van der Waals surface area contributed by atoms with Crippen molar-refractivity contribution < 1.29 is 14.8 Å². The molecule has 4 N–H and O–H groups in total. The van der Waals surface area contributed by atoms with Crippen LogP contribution < -0.4 is 15.9 Å². The summed E-state index contributed by atoms with van der Waals surface area (Å²) >= 11 is 0. The summed E-state index contributed by atoms with van der Waals surface area (Å²) in [7, 11) is -0.0607. The summed E-state index contributed by atoms with van der Waals surface area (Å²) in [5.74, 6) is 0.407.